The molecule has 2 aromatic carbocycles. The lowest BCUT2D eigenvalue weighted by Crippen LogP contribution is -2.32. The van der Waals surface area contributed by atoms with Gasteiger partial charge < -0.3 is 5.43 Å². The Morgan fingerprint density at radius 3 is 2.55 bits per heavy atom. The van der Waals surface area contributed by atoms with Crippen molar-refractivity contribution in [2.75, 3.05) is 6.54 Å². The molecule has 1 aliphatic heterocycles. The molecule has 2 aromatic rings. The van der Waals surface area contributed by atoms with Crippen LogP contribution in [0.1, 0.15) is 11.1 Å². The van der Waals surface area contributed by atoms with Gasteiger partial charge in [-0.15, -0.1) is 0 Å². The van der Waals surface area contributed by atoms with Gasteiger partial charge in [0.05, 0.1) is 23.5 Å². The molecule has 0 aliphatic carbocycles. The number of amidine groups is 1. The molecule has 22 heavy (non-hydrogen) atoms. The van der Waals surface area contributed by atoms with Crippen LogP contribution in [-0.4, -0.2) is 18.1 Å². The zero-order valence-electron chi connectivity index (χ0n) is 11.3. The maximum atomic E-state index is 14.1. The zero-order valence-corrected chi connectivity index (χ0v) is 12.0. The summed E-state index contributed by atoms with van der Waals surface area (Å²) in [5.41, 5.74) is 3.33. The number of hydrogen-bond acceptors (Lipinski definition) is 4. The van der Waals surface area contributed by atoms with Gasteiger partial charge in [0.2, 0.25) is 0 Å². The fourth-order valence-corrected chi connectivity index (χ4v) is 2.40. The molecule has 0 saturated heterocycles. The second-order valence-corrected chi connectivity index (χ2v) is 5.06. The highest BCUT2D eigenvalue weighted by molar-refractivity contribution is 6.31. The summed E-state index contributed by atoms with van der Waals surface area (Å²) in [7, 11) is 0. The lowest BCUT2D eigenvalue weighted by molar-refractivity contribution is 0.579. The van der Waals surface area contributed by atoms with Crippen molar-refractivity contribution in [1.29, 1.82) is 0 Å². The van der Waals surface area contributed by atoms with Crippen LogP contribution in [0.4, 0.5) is 14.5 Å². The molecule has 0 bridgehead atoms. The fourth-order valence-electron chi connectivity index (χ4n) is 2.23. The van der Waals surface area contributed by atoms with Gasteiger partial charge in [-0.3, -0.25) is 4.99 Å². The van der Waals surface area contributed by atoms with Gasteiger partial charge in [-0.05, 0) is 30.3 Å². The minimum atomic E-state index is -0.691. The summed E-state index contributed by atoms with van der Waals surface area (Å²) < 4.78 is 28.2. The number of fused-ring (bicyclic) bond motifs is 1. The number of hydrazine groups is 1. The molecule has 0 atom stereocenters. The molecule has 0 radical (unpaired) electrons. The SMILES string of the molecule is NNC1=Nc2cc(Cl)ccc2C(c2c(F)cccc2F)=NC1. The van der Waals surface area contributed by atoms with E-state index in [9.17, 15) is 8.78 Å². The Balaban J connectivity index is 2.25. The van der Waals surface area contributed by atoms with Crippen LogP contribution >= 0.6 is 11.6 Å². The summed E-state index contributed by atoms with van der Waals surface area (Å²) in [5.74, 6) is 4.37. The first kappa shape index (κ1) is 14.6. The Morgan fingerprint density at radius 2 is 1.86 bits per heavy atom. The van der Waals surface area contributed by atoms with Crippen LogP contribution < -0.4 is 11.3 Å². The molecule has 1 heterocycles. The maximum Gasteiger partial charge on any atom is 0.138 e. The molecule has 0 spiro atoms. The second kappa shape index (κ2) is 5.82. The Kier molecular flexibility index (Phi) is 3.87. The van der Waals surface area contributed by atoms with E-state index in [0.717, 1.165) is 0 Å². The highest BCUT2D eigenvalue weighted by Crippen LogP contribution is 2.29. The summed E-state index contributed by atoms with van der Waals surface area (Å²) in [6.45, 7) is 0.0753. The number of nitrogens with one attached hydrogen (secondary N) is 1. The molecule has 4 nitrogen and oxygen atoms in total. The number of nitrogens with zero attached hydrogens (tertiary/aromatic N) is 2. The summed E-state index contributed by atoms with van der Waals surface area (Å²) in [6.07, 6.45) is 0. The molecule has 112 valence electrons. The highest BCUT2D eigenvalue weighted by Gasteiger charge is 2.21. The molecule has 0 amide bonds. The van der Waals surface area contributed by atoms with Gasteiger partial charge in [0.25, 0.3) is 0 Å². The molecule has 0 saturated carbocycles. The standard InChI is InChI=1S/C15H11ClF2N4/c16-8-4-5-9-12(6-8)21-13(22-19)7-20-15(9)14-10(17)2-1-3-11(14)18/h1-6H,7,19H2,(H,21,22). The number of aliphatic imine (C=N–C) groups is 2. The third-order valence-electron chi connectivity index (χ3n) is 3.22. The normalized spacial score (nSPS) is 13.8. The molecular weight excluding hydrogens is 310 g/mol. The van der Waals surface area contributed by atoms with Gasteiger partial charge in [0, 0.05) is 10.6 Å². The van der Waals surface area contributed by atoms with Gasteiger partial charge >= 0.3 is 0 Å². The number of hydrogen-bond donors (Lipinski definition) is 2. The van der Waals surface area contributed by atoms with Crippen molar-refractivity contribution < 1.29 is 8.78 Å². The quantitative estimate of drug-likeness (QED) is 0.627. The van der Waals surface area contributed by atoms with Crippen molar-refractivity contribution in [2.24, 2.45) is 15.8 Å². The van der Waals surface area contributed by atoms with E-state index >= 15 is 0 Å². The monoisotopic (exact) mass is 320 g/mol. The summed E-state index contributed by atoms with van der Waals surface area (Å²) in [6, 6.07) is 8.51. The Hall–Kier alpha value is -2.31. The molecule has 0 aromatic heterocycles. The van der Waals surface area contributed by atoms with Gasteiger partial charge in [-0.1, -0.05) is 17.7 Å². The molecular formula is C15H11ClF2N4. The largest absolute Gasteiger partial charge is 0.310 e. The van der Waals surface area contributed by atoms with Crippen molar-refractivity contribution >= 4 is 28.8 Å². The lowest BCUT2D eigenvalue weighted by atomic mass is 9.99. The van der Waals surface area contributed by atoms with E-state index in [2.05, 4.69) is 15.4 Å². The van der Waals surface area contributed by atoms with E-state index in [1.807, 2.05) is 0 Å². The molecule has 0 fully saturated rings. The van der Waals surface area contributed by atoms with Crippen molar-refractivity contribution in [1.82, 2.24) is 5.43 Å². The molecule has 3 N–H and O–H groups in total. The third kappa shape index (κ3) is 2.58. The van der Waals surface area contributed by atoms with E-state index in [4.69, 9.17) is 17.4 Å². The van der Waals surface area contributed by atoms with Gasteiger partial charge in [-0.2, -0.15) is 0 Å². The number of rotatable bonds is 1. The highest BCUT2D eigenvalue weighted by atomic mass is 35.5. The first-order valence-corrected chi connectivity index (χ1v) is 6.81. The molecule has 7 heteroatoms. The Morgan fingerprint density at radius 1 is 1.14 bits per heavy atom. The number of halogens is 3. The smallest absolute Gasteiger partial charge is 0.138 e. The number of benzene rings is 2. The average Bonchev–Trinajstić information content (AvgIpc) is 2.66. The second-order valence-electron chi connectivity index (χ2n) is 4.63. The first-order chi connectivity index (χ1) is 10.6. The van der Waals surface area contributed by atoms with Gasteiger partial charge in [-0.25, -0.2) is 19.6 Å². The first-order valence-electron chi connectivity index (χ1n) is 6.43. The van der Waals surface area contributed by atoms with Crippen LogP contribution in [0.5, 0.6) is 0 Å². The van der Waals surface area contributed by atoms with E-state index in [0.29, 0.717) is 22.1 Å². The predicted molar refractivity (Wildman–Crippen MR) is 82.7 cm³/mol. The van der Waals surface area contributed by atoms with Crippen molar-refractivity contribution in [3.63, 3.8) is 0 Å². The van der Waals surface area contributed by atoms with Crippen LogP contribution in [0.25, 0.3) is 0 Å². The predicted octanol–water partition coefficient (Wildman–Crippen LogP) is 2.96. The maximum absolute atomic E-state index is 14.1. The van der Waals surface area contributed by atoms with E-state index in [1.54, 1.807) is 18.2 Å². The summed E-state index contributed by atoms with van der Waals surface area (Å²) in [5, 5.41) is 0.453. The van der Waals surface area contributed by atoms with E-state index in [-0.39, 0.29) is 17.8 Å². The van der Waals surface area contributed by atoms with Gasteiger partial charge in [0.15, 0.2) is 0 Å². The summed E-state index contributed by atoms with van der Waals surface area (Å²) >= 11 is 5.97. The van der Waals surface area contributed by atoms with Crippen LogP contribution in [0.3, 0.4) is 0 Å². The molecule has 0 unspecified atom stereocenters. The minimum absolute atomic E-state index is 0.0753. The third-order valence-corrected chi connectivity index (χ3v) is 3.46. The van der Waals surface area contributed by atoms with Crippen molar-refractivity contribution in [3.8, 4) is 0 Å². The van der Waals surface area contributed by atoms with Crippen molar-refractivity contribution in [3.05, 3.63) is 64.2 Å². The van der Waals surface area contributed by atoms with Crippen LogP contribution in [0, 0.1) is 11.6 Å². The van der Waals surface area contributed by atoms with Crippen LogP contribution in [0.2, 0.25) is 5.02 Å². The lowest BCUT2D eigenvalue weighted by Gasteiger charge is -2.10. The van der Waals surface area contributed by atoms with Crippen LogP contribution in [0.15, 0.2) is 46.4 Å². The van der Waals surface area contributed by atoms with E-state index < -0.39 is 11.6 Å². The summed E-state index contributed by atoms with van der Waals surface area (Å²) in [4.78, 5) is 8.55. The number of nitrogens with two attached hydrogens (primary N) is 1. The Labute approximate surface area is 130 Å². The average molecular weight is 321 g/mol. The van der Waals surface area contributed by atoms with Crippen LogP contribution in [-0.2, 0) is 0 Å². The molecule has 1 aliphatic rings. The van der Waals surface area contributed by atoms with Gasteiger partial charge in [0.1, 0.15) is 17.5 Å². The fraction of sp³-hybridized carbons (Fsp3) is 0.0667. The van der Waals surface area contributed by atoms with Crippen molar-refractivity contribution in [2.45, 2.75) is 0 Å². The molecule has 3 rings (SSSR count). The Bertz CT molecular complexity index is 782. The van der Waals surface area contributed by atoms with E-state index in [1.165, 1.54) is 18.2 Å². The minimum Gasteiger partial charge on any atom is -0.310 e. The zero-order chi connectivity index (χ0) is 15.7. The topological polar surface area (TPSA) is 62.8 Å².